The molecule has 1 aliphatic heterocycles. The normalized spacial score (nSPS) is 20.6. The number of pyridine rings is 1. The van der Waals surface area contributed by atoms with Crippen LogP contribution < -0.4 is 10.0 Å². The van der Waals surface area contributed by atoms with Crippen molar-refractivity contribution in [2.24, 2.45) is 5.92 Å². The fraction of sp³-hybridized carbons (Fsp3) is 0.643. The van der Waals surface area contributed by atoms with Gasteiger partial charge in [-0.25, -0.2) is 18.1 Å². The van der Waals surface area contributed by atoms with Gasteiger partial charge in [0.2, 0.25) is 0 Å². The fourth-order valence-corrected chi connectivity index (χ4v) is 3.53. The van der Waals surface area contributed by atoms with Crippen molar-refractivity contribution >= 4 is 10.0 Å². The molecule has 0 radical (unpaired) electrons. The van der Waals surface area contributed by atoms with Gasteiger partial charge >= 0.3 is 0 Å². The quantitative estimate of drug-likeness (QED) is 0.781. The molecule has 0 bridgehead atoms. The predicted molar refractivity (Wildman–Crippen MR) is 80.3 cm³/mol. The van der Waals surface area contributed by atoms with Gasteiger partial charge in [0.15, 0.2) is 5.03 Å². The summed E-state index contributed by atoms with van der Waals surface area (Å²) in [5, 5.41) is 3.24. The van der Waals surface area contributed by atoms with Gasteiger partial charge in [-0.3, -0.25) is 0 Å². The van der Waals surface area contributed by atoms with Crippen molar-refractivity contribution in [1.82, 2.24) is 15.0 Å². The number of hydrogen-bond donors (Lipinski definition) is 2. The summed E-state index contributed by atoms with van der Waals surface area (Å²) in [7, 11) is -3.57. The van der Waals surface area contributed by atoms with E-state index < -0.39 is 10.0 Å². The summed E-state index contributed by atoms with van der Waals surface area (Å²) >= 11 is 0. The van der Waals surface area contributed by atoms with Gasteiger partial charge in [0, 0.05) is 31.3 Å². The van der Waals surface area contributed by atoms with E-state index in [1.165, 1.54) is 0 Å². The first-order valence-corrected chi connectivity index (χ1v) is 8.77. The molecule has 0 aliphatic carbocycles. The summed E-state index contributed by atoms with van der Waals surface area (Å²) in [4.78, 5) is 4.06. The molecule has 7 heteroatoms. The van der Waals surface area contributed by atoms with Gasteiger partial charge in [-0.2, -0.15) is 0 Å². The summed E-state index contributed by atoms with van der Waals surface area (Å²) in [5.41, 5.74) is 0.966. The number of nitrogens with one attached hydrogen (secondary N) is 2. The summed E-state index contributed by atoms with van der Waals surface area (Å²) in [6.45, 7) is 6.75. The number of hydrogen-bond acceptors (Lipinski definition) is 5. The third-order valence-electron chi connectivity index (χ3n) is 3.67. The van der Waals surface area contributed by atoms with Crippen LogP contribution in [0.2, 0.25) is 0 Å². The van der Waals surface area contributed by atoms with Crippen LogP contribution in [0.5, 0.6) is 0 Å². The summed E-state index contributed by atoms with van der Waals surface area (Å²) in [6.07, 6.45) is 2.49. The van der Waals surface area contributed by atoms with E-state index in [2.05, 4.69) is 15.0 Å². The summed E-state index contributed by atoms with van der Waals surface area (Å²) < 4.78 is 32.6. The summed E-state index contributed by atoms with van der Waals surface area (Å²) in [6, 6.07) is 3.18. The van der Waals surface area contributed by atoms with Crippen LogP contribution in [0.15, 0.2) is 23.4 Å². The number of ether oxygens (including phenoxy) is 1. The maximum atomic E-state index is 12.3. The van der Waals surface area contributed by atoms with E-state index in [1.807, 2.05) is 13.8 Å². The third kappa shape index (κ3) is 4.47. The Hall–Kier alpha value is -1.02. The van der Waals surface area contributed by atoms with E-state index in [9.17, 15) is 8.42 Å². The first-order valence-electron chi connectivity index (χ1n) is 7.28. The molecule has 118 valence electrons. The van der Waals surface area contributed by atoms with E-state index in [0.717, 1.165) is 18.5 Å². The van der Waals surface area contributed by atoms with Crippen molar-refractivity contribution in [1.29, 1.82) is 0 Å². The van der Waals surface area contributed by atoms with Crippen LogP contribution >= 0.6 is 0 Å². The van der Waals surface area contributed by atoms with Crippen molar-refractivity contribution in [2.45, 2.75) is 37.9 Å². The molecule has 2 rings (SSSR count). The van der Waals surface area contributed by atoms with Gasteiger partial charge in [0.1, 0.15) is 0 Å². The fourth-order valence-electron chi connectivity index (χ4n) is 2.29. The van der Waals surface area contributed by atoms with Crippen LogP contribution in [0.25, 0.3) is 0 Å². The maximum Gasteiger partial charge on any atom is 0.258 e. The lowest BCUT2D eigenvalue weighted by Gasteiger charge is -2.18. The molecule has 21 heavy (non-hydrogen) atoms. The smallest absolute Gasteiger partial charge is 0.258 e. The molecule has 2 unspecified atom stereocenters. The molecule has 1 saturated heterocycles. The lowest BCUT2D eigenvalue weighted by atomic mass is 10.0. The topological polar surface area (TPSA) is 80.3 Å². The Bertz CT molecular complexity index is 539. The highest BCUT2D eigenvalue weighted by molar-refractivity contribution is 7.89. The minimum Gasteiger partial charge on any atom is -0.381 e. The van der Waals surface area contributed by atoms with Crippen molar-refractivity contribution in [3.63, 3.8) is 0 Å². The van der Waals surface area contributed by atoms with Crippen molar-refractivity contribution in [3.8, 4) is 0 Å². The molecule has 0 aromatic carbocycles. The Balaban J connectivity index is 2.01. The van der Waals surface area contributed by atoms with Gasteiger partial charge in [-0.15, -0.1) is 0 Å². The molecule has 2 heterocycles. The Morgan fingerprint density at radius 3 is 2.86 bits per heavy atom. The lowest BCUT2D eigenvalue weighted by molar-refractivity contribution is 0.180. The highest BCUT2D eigenvalue weighted by Crippen LogP contribution is 2.18. The monoisotopic (exact) mass is 313 g/mol. The molecule has 0 saturated carbocycles. The molecule has 0 amide bonds. The van der Waals surface area contributed by atoms with E-state index in [1.54, 1.807) is 18.3 Å². The molecule has 0 spiro atoms. The Morgan fingerprint density at radius 2 is 2.29 bits per heavy atom. The van der Waals surface area contributed by atoms with Crippen molar-refractivity contribution in [2.75, 3.05) is 19.8 Å². The number of aromatic nitrogens is 1. The first kappa shape index (κ1) is 16.4. The number of sulfonamides is 1. The predicted octanol–water partition coefficient (Wildman–Crippen LogP) is 0.894. The molecule has 2 atom stereocenters. The molecule has 2 N–H and O–H groups in total. The number of nitrogens with zero attached hydrogens (tertiary/aromatic N) is 1. The van der Waals surface area contributed by atoms with Crippen LogP contribution in [0.4, 0.5) is 0 Å². The molecule has 1 aromatic heterocycles. The summed E-state index contributed by atoms with van der Waals surface area (Å²) in [5.74, 6) is 0.229. The first-order chi connectivity index (χ1) is 10.0. The average molecular weight is 313 g/mol. The minimum atomic E-state index is -3.57. The van der Waals surface area contributed by atoms with E-state index >= 15 is 0 Å². The largest absolute Gasteiger partial charge is 0.381 e. The van der Waals surface area contributed by atoms with Crippen LogP contribution in [0, 0.1) is 5.92 Å². The number of rotatable bonds is 7. The van der Waals surface area contributed by atoms with Crippen LogP contribution in [-0.4, -0.2) is 39.2 Å². The highest BCUT2D eigenvalue weighted by atomic mass is 32.2. The van der Waals surface area contributed by atoms with Crippen LogP contribution in [0.3, 0.4) is 0 Å². The Kier molecular flexibility index (Phi) is 5.69. The molecular formula is C14H23N3O3S. The van der Waals surface area contributed by atoms with Gasteiger partial charge in [0.05, 0.1) is 6.61 Å². The highest BCUT2D eigenvalue weighted by Gasteiger charge is 2.27. The molecular weight excluding hydrogens is 290 g/mol. The lowest BCUT2D eigenvalue weighted by Crippen LogP contribution is -2.38. The van der Waals surface area contributed by atoms with Gasteiger partial charge in [-0.05, 0) is 31.5 Å². The Labute approximate surface area is 126 Å². The van der Waals surface area contributed by atoms with Crippen LogP contribution in [-0.2, 0) is 21.3 Å². The SMILES string of the molecule is CCNCc1ccc(S(=O)(=O)NC(C)C2CCOC2)nc1. The zero-order chi connectivity index (χ0) is 15.3. The van der Waals surface area contributed by atoms with E-state index in [4.69, 9.17) is 4.74 Å². The van der Waals surface area contributed by atoms with Crippen LogP contribution in [0.1, 0.15) is 25.8 Å². The van der Waals surface area contributed by atoms with Crippen molar-refractivity contribution in [3.05, 3.63) is 23.9 Å². The van der Waals surface area contributed by atoms with Gasteiger partial charge in [0.25, 0.3) is 10.0 Å². The third-order valence-corrected chi connectivity index (χ3v) is 5.14. The second-order valence-corrected chi connectivity index (χ2v) is 6.98. The van der Waals surface area contributed by atoms with E-state index in [-0.39, 0.29) is 17.0 Å². The van der Waals surface area contributed by atoms with Gasteiger partial charge < -0.3 is 10.1 Å². The standard InChI is InChI=1S/C14H23N3O3S/c1-3-15-8-12-4-5-14(16-9-12)21(18,19)17-11(2)13-6-7-20-10-13/h4-5,9,11,13,15,17H,3,6-8,10H2,1-2H3. The molecule has 1 aromatic rings. The molecule has 1 aliphatic rings. The molecule has 1 fully saturated rings. The second-order valence-electron chi connectivity index (χ2n) is 5.32. The zero-order valence-electron chi connectivity index (χ0n) is 12.5. The minimum absolute atomic E-state index is 0.0634. The van der Waals surface area contributed by atoms with Gasteiger partial charge in [-0.1, -0.05) is 13.0 Å². The zero-order valence-corrected chi connectivity index (χ0v) is 13.3. The maximum absolute atomic E-state index is 12.3. The Morgan fingerprint density at radius 1 is 1.48 bits per heavy atom. The van der Waals surface area contributed by atoms with E-state index in [0.29, 0.717) is 19.8 Å². The average Bonchev–Trinajstić information content (AvgIpc) is 2.99. The molecule has 6 nitrogen and oxygen atoms in total. The van der Waals surface area contributed by atoms with Crippen molar-refractivity contribution < 1.29 is 13.2 Å². The second kappa shape index (κ2) is 7.31.